The van der Waals surface area contributed by atoms with Gasteiger partial charge in [-0.05, 0) is 32.6 Å². The Kier molecular flexibility index (Phi) is 4.44. The summed E-state index contributed by atoms with van der Waals surface area (Å²) in [5.41, 5.74) is 0.0810. The molecule has 0 aromatic carbocycles. The van der Waals surface area contributed by atoms with Crippen molar-refractivity contribution in [1.29, 1.82) is 0 Å². The zero-order chi connectivity index (χ0) is 13.2. The lowest BCUT2D eigenvalue weighted by molar-refractivity contribution is -0.128. The van der Waals surface area contributed by atoms with Gasteiger partial charge in [0, 0.05) is 31.0 Å². The first kappa shape index (κ1) is 14.0. The highest BCUT2D eigenvalue weighted by molar-refractivity contribution is 5.82. The molecule has 0 spiro atoms. The Morgan fingerprint density at radius 3 is 2.89 bits per heavy atom. The van der Waals surface area contributed by atoms with E-state index in [1.807, 2.05) is 0 Å². The summed E-state index contributed by atoms with van der Waals surface area (Å²) >= 11 is 0. The number of carbonyl (C=O) groups is 1. The largest absolute Gasteiger partial charge is 0.378 e. The predicted molar refractivity (Wildman–Crippen MR) is 72.6 cm³/mol. The molecule has 0 N–H and O–H groups in total. The number of carbonyl (C=O) groups excluding carboxylic acids is 1. The molecule has 1 saturated carbocycles. The minimum Gasteiger partial charge on any atom is -0.378 e. The molecule has 2 aliphatic rings. The second-order valence-electron chi connectivity index (χ2n) is 6.52. The second-order valence-corrected chi connectivity index (χ2v) is 6.52. The summed E-state index contributed by atoms with van der Waals surface area (Å²) in [4.78, 5) is 14.5. The van der Waals surface area contributed by atoms with E-state index in [1.54, 1.807) is 0 Å². The Bertz CT molecular complexity index is 301. The molecular weight excluding hydrogens is 226 g/mol. The number of rotatable bonds is 3. The highest BCUT2D eigenvalue weighted by atomic mass is 16.5. The van der Waals surface area contributed by atoms with Crippen LogP contribution in [0, 0.1) is 11.8 Å². The SMILES string of the molecule is CCC1CCC(=O)C(CN2CCOCC2(C)C)C1. The Morgan fingerprint density at radius 1 is 1.44 bits per heavy atom. The average molecular weight is 253 g/mol. The van der Waals surface area contributed by atoms with Crippen molar-refractivity contribution in [3.63, 3.8) is 0 Å². The van der Waals surface area contributed by atoms with Crippen LogP contribution in [0.5, 0.6) is 0 Å². The summed E-state index contributed by atoms with van der Waals surface area (Å²) in [5, 5.41) is 0. The number of Topliss-reactive ketones (excluding diaryl/α,β-unsaturated/α-hetero) is 1. The van der Waals surface area contributed by atoms with E-state index in [9.17, 15) is 4.79 Å². The van der Waals surface area contributed by atoms with E-state index in [4.69, 9.17) is 4.74 Å². The van der Waals surface area contributed by atoms with Gasteiger partial charge in [0.25, 0.3) is 0 Å². The molecule has 3 heteroatoms. The standard InChI is InChI=1S/C15H27NO2/c1-4-12-5-6-14(17)13(9-12)10-16-7-8-18-11-15(16,2)3/h12-13H,4-11H2,1-3H3. The van der Waals surface area contributed by atoms with Gasteiger partial charge in [0.15, 0.2) is 0 Å². The monoisotopic (exact) mass is 253 g/mol. The van der Waals surface area contributed by atoms with E-state index < -0.39 is 0 Å². The third-order valence-electron chi connectivity index (χ3n) is 4.71. The molecule has 0 aromatic rings. The van der Waals surface area contributed by atoms with Crippen LogP contribution in [0.15, 0.2) is 0 Å². The first-order chi connectivity index (χ1) is 8.53. The summed E-state index contributed by atoms with van der Waals surface area (Å²) in [7, 11) is 0. The van der Waals surface area contributed by atoms with Crippen LogP contribution in [-0.2, 0) is 9.53 Å². The van der Waals surface area contributed by atoms with Gasteiger partial charge in [0.05, 0.1) is 13.2 Å². The van der Waals surface area contributed by atoms with Crippen molar-refractivity contribution in [1.82, 2.24) is 4.90 Å². The molecule has 2 atom stereocenters. The van der Waals surface area contributed by atoms with Crippen molar-refractivity contribution in [3.05, 3.63) is 0 Å². The average Bonchev–Trinajstić information content (AvgIpc) is 2.34. The third kappa shape index (κ3) is 3.12. The van der Waals surface area contributed by atoms with Gasteiger partial charge in [-0.15, -0.1) is 0 Å². The van der Waals surface area contributed by atoms with Crippen LogP contribution in [0.3, 0.4) is 0 Å². The molecule has 2 unspecified atom stereocenters. The fraction of sp³-hybridized carbons (Fsp3) is 0.933. The van der Waals surface area contributed by atoms with E-state index in [2.05, 4.69) is 25.7 Å². The summed E-state index contributed by atoms with van der Waals surface area (Å²) in [6.07, 6.45) is 4.23. The Hall–Kier alpha value is -0.410. The molecule has 0 bridgehead atoms. The number of hydrogen-bond acceptors (Lipinski definition) is 3. The highest BCUT2D eigenvalue weighted by Gasteiger charge is 2.35. The van der Waals surface area contributed by atoms with E-state index in [0.717, 1.165) is 51.5 Å². The van der Waals surface area contributed by atoms with Crippen molar-refractivity contribution < 1.29 is 9.53 Å². The smallest absolute Gasteiger partial charge is 0.137 e. The Morgan fingerprint density at radius 2 is 2.22 bits per heavy atom. The van der Waals surface area contributed by atoms with Crippen molar-refractivity contribution in [2.45, 2.75) is 52.0 Å². The lowest BCUT2D eigenvalue weighted by Gasteiger charge is -2.44. The van der Waals surface area contributed by atoms with Crippen molar-refractivity contribution in [2.24, 2.45) is 11.8 Å². The van der Waals surface area contributed by atoms with Crippen LogP contribution >= 0.6 is 0 Å². The fourth-order valence-corrected chi connectivity index (χ4v) is 3.24. The van der Waals surface area contributed by atoms with Gasteiger partial charge in [-0.1, -0.05) is 13.3 Å². The van der Waals surface area contributed by atoms with Crippen molar-refractivity contribution >= 4 is 5.78 Å². The van der Waals surface area contributed by atoms with Crippen LogP contribution < -0.4 is 0 Å². The summed E-state index contributed by atoms with van der Waals surface area (Å²) < 4.78 is 5.55. The van der Waals surface area contributed by atoms with E-state index in [0.29, 0.717) is 5.78 Å². The maximum Gasteiger partial charge on any atom is 0.137 e. The molecular formula is C15H27NO2. The Balaban J connectivity index is 1.96. The van der Waals surface area contributed by atoms with Crippen LogP contribution in [-0.4, -0.2) is 42.5 Å². The summed E-state index contributed by atoms with van der Waals surface area (Å²) in [6.45, 7) is 10.2. The minimum atomic E-state index is 0.0810. The van der Waals surface area contributed by atoms with Gasteiger partial charge in [0.1, 0.15) is 5.78 Å². The lowest BCUT2D eigenvalue weighted by atomic mass is 9.78. The van der Waals surface area contributed by atoms with Crippen LogP contribution in [0.25, 0.3) is 0 Å². The van der Waals surface area contributed by atoms with Crippen molar-refractivity contribution in [3.8, 4) is 0 Å². The van der Waals surface area contributed by atoms with E-state index in [-0.39, 0.29) is 11.5 Å². The van der Waals surface area contributed by atoms with Gasteiger partial charge in [-0.2, -0.15) is 0 Å². The van der Waals surface area contributed by atoms with Crippen LogP contribution in [0.2, 0.25) is 0 Å². The molecule has 2 fully saturated rings. The minimum absolute atomic E-state index is 0.0810. The molecule has 0 radical (unpaired) electrons. The van der Waals surface area contributed by atoms with Gasteiger partial charge in [-0.3, -0.25) is 9.69 Å². The quantitative estimate of drug-likeness (QED) is 0.774. The number of nitrogens with zero attached hydrogens (tertiary/aromatic N) is 1. The first-order valence-corrected chi connectivity index (χ1v) is 7.38. The van der Waals surface area contributed by atoms with Gasteiger partial charge >= 0.3 is 0 Å². The zero-order valence-corrected chi connectivity index (χ0v) is 12.1. The zero-order valence-electron chi connectivity index (χ0n) is 12.1. The third-order valence-corrected chi connectivity index (χ3v) is 4.71. The van der Waals surface area contributed by atoms with E-state index >= 15 is 0 Å². The van der Waals surface area contributed by atoms with E-state index in [1.165, 1.54) is 6.42 Å². The highest BCUT2D eigenvalue weighted by Crippen LogP contribution is 2.31. The molecule has 3 nitrogen and oxygen atoms in total. The number of ketones is 1. The second kappa shape index (κ2) is 5.70. The molecule has 18 heavy (non-hydrogen) atoms. The van der Waals surface area contributed by atoms with Crippen molar-refractivity contribution in [2.75, 3.05) is 26.3 Å². The molecule has 1 aliphatic heterocycles. The molecule has 1 saturated heterocycles. The number of morpholine rings is 1. The molecule has 0 aromatic heterocycles. The molecule has 1 aliphatic carbocycles. The lowest BCUT2D eigenvalue weighted by Crippen LogP contribution is -2.55. The maximum atomic E-state index is 12.1. The summed E-state index contributed by atoms with van der Waals surface area (Å²) in [5.74, 6) is 1.51. The summed E-state index contributed by atoms with van der Waals surface area (Å²) in [6, 6.07) is 0. The molecule has 2 rings (SSSR count). The predicted octanol–water partition coefficient (Wildman–Crippen LogP) is 2.49. The molecule has 0 amide bonds. The van der Waals surface area contributed by atoms with Gasteiger partial charge in [-0.25, -0.2) is 0 Å². The normalized spacial score (nSPS) is 33.6. The number of hydrogen-bond donors (Lipinski definition) is 0. The maximum absolute atomic E-state index is 12.1. The van der Waals surface area contributed by atoms with Gasteiger partial charge in [0.2, 0.25) is 0 Å². The number of ether oxygens (including phenoxy) is 1. The fourth-order valence-electron chi connectivity index (χ4n) is 3.24. The Labute approximate surface area is 111 Å². The van der Waals surface area contributed by atoms with Crippen LogP contribution in [0.4, 0.5) is 0 Å². The first-order valence-electron chi connectivity index (χ1n) is 7.38. The van der Waals surface area contributed by atoms with Gasteiger partial charge < -0.3 is 4.74 Å². The molecule has 104 valence electrons. The topological polar surface area (TPSA) is 29.5 Å². The van der Waals surface area contributed by atoms with Crippen LogP contribution in [0.1, 0.15) is 46.5 Å². The molecule has 1 heterocycles.